The Morgan fingerprint density at radius 2 is 1.77 bits per heavy atom. The van der Waals surface area contributed by atoms with Gasteiger partial charge in [-0.2, -0.15) is 0 Å². The number of ketones is 2. The maximum absolute atomic E-state index is 13.3. The van der Waals surface area contributed by atoms with Gasteiger partial charge < -0.3 is 14.6 Å². The van der Waals surface area contributed by atoms with Gasteiger partial charge in [-0.05, 0) is 60.3 Å². The van der Waals surface area contributed by atoms with Gasteiger partial charge in [0.15, 0.2) is 17.2 Å². The fraction of sp³-hybridized carbons (Fsp3) is 0.615. The van der Waals surface area contributed by atoms with Crippen molar-refractivity contribution in [3.05, 3.63) is 48.0 Å². The van der Waals surface area contributed by atoms with Gasteiger partial charge >= 0.3 is 0 Å². The lowest BCUT2D eigenvalue weighted by Gasteiger charge is -2.66. The number of carbonyl (C=O) groups excluding carboxylic acids is 2. The van der Waals surface area contributed by atoms with Crippen LogP contribution in [0.15, 0.2) is 46.8 Å². The van der Waals surface area contributed by atoms with E-state index >= 15 is 0 Å². The molecule has 1 heterocycles. The molecule has 5 rings (SSSR count). The van der Waals surface area contributed by atoms with Crippen molar-refractivity contribution in [1.82, 2.24) is 0 Å². The summed E-state index contributed by atoms with van der Waals surface area (Å²) in [4.78, 5) is 26.0. The van der Waals surface area contributed by atoms with Crippen molar-refractivity contribution in [3.63, 3.8) is 0 Å². The minimum absolute atomic E-state index is 0.0143. The van der Waals surface area contributed by atoms with Crippen LogP contribution in [0, 0.1) is 33.5 Å². The van der Waals surface area contributed by atoms with Crippen LogP contribution in [-0.2, 0) is 15.2 Å². The summed E-state index contributed by atoms with van der Waals surface area (Å²) in [6, 6.07) is 1.65. The standard InChI is InChI=1S/C26H32O5/c1-22(2)17-12-20(28)25(5)16(23(17,3)9-7-19(22)27)6-10-24(4)18(25)13-21(29)26(24,30)15-8-11-31-14-15/h7-9,11,13-14,16-17,20,28,30H,6,10,12H2,1-5H3/t16-,17+,20-,23-,24-,25-,26+/m1/s1. The maximum atomic E-state index is 13.3. The molecule has 2 fully saturated rings. The second-order valence-electron chi connectivity index (χ2n) is 11.4. The third kappa shape index (κ3) is 2.15. The van der Waals surface area contributed by atoms with Gasteiger partial charge in [0.1, 0.15) is 0 Å². The molecule has 0 saturated heterocycles. The highest BCUT2D eigenvalue weighted by Crippen LogP contribution is 2.72. The number of carbonyl (C=O) groups is 2. The van der Waals surface area contributed by atoms with E-state index in [-0.39, 0.29) is 28.8 Å². The number of aliphatic hydroxyl groups excluding tert-OH is 1. The summed E-state index contributed by atoms with van der Waals surface area (Å²) in [5, 5.41) is 23.4. The maximum Gasteiger partial charge on any atom is 0.192 e. The number of aliphatic hydroxyl groups is 2. The number of hydrogen-bond donors (Lipinski definition) is 2. The van der Waals surface area contributed by atoms with Crippen LogP contribution in [0.1, 0.15) is 59.4 Å². The van der Waals surface area contributed by atoms with E-state index in [4.69, 9.17) is 4.42 Å². The van der Waals surface area contributed by atoms with Crippen LogP contribution in [0.3, 0.4) is 0 Å². The third-order valence-corrected chi connectivity index (χ3v) is 9.95. The summed E-state index contributed by atoms with van der Waals surface area (Å²) < 4.78 is 5.21. The molecular formula is C26H32O5. The quantitative estimate of drug-likeness (QED) is 0.713. The molecule has 0 unspecified atom stereocenters. The Balaban J connectivity index is 1.67. The second kappa shape index (κ2) is 5.87. The molecule has 2 saturated carbocycles. The van der Waals surface area contributed by atoms with Crippen molar-refractivity contribution in [2.24, 2.45) is 33.5 Å². The zero-order valence-electron chi connectivity index (χ0n) is 18.9. The average Bonchev–Trinajstić information content (AvgIpc) is 3.31. The average molecular weight is 425 g/mol. The summed E-state index contributed by atoms with van der Waals surface area (Å²) in [6.07, 6.45) is 9.43. The van der Waals surface area contributed by atoms with Crippen molar-refractivity contribution >= 4 is 11.6 Å². The molecule has 31 heavy (non-hydrogen) atoms. The Morgan fingerprint density at radius 3 is 2.42 bits per heavy atom. The Kier molecular flexibility index (Phi) is 3.96. The third-order valence-electron chi connectivity index (χ3n) is 9.95. The molecular weight excluding hydrogens is 392 g/mol. The van der Waals surface area contributed by atoms with E-state index in [9.17, 15) is 19.8 Å². The van der Waals surface area contributed by atoms with Gasteiger partial charge in [-0.15, -0.1) is 0 Å². The smallest absolute Gasteiger partial charge is 0.192 e. The molecule has 0 amide bonds. The van der Waals surface area contributed by atoms with Crippen molar-refractivity contribution in [2.45, 2.75) is 65.6 Å². The lowest BCUT2D eigenvalue weighted by atomic mass is 9.38. The van der Waals surface area contributed by atoms with E-state index in [0.29, 0.717) is 18.4 Å². The molecule has 7 atom stereocenters. The highest BCUT2D eigenvalue weighted by atomic mass is 16.3. The minimum atomic E-state index is -1.70. The number of allylic oxidation sites excluding steroid dienone is 2. The number of furan rings is 1. The Labute approximate surface area is 183 Å². The molecule has 0 aromatic carbocycles. The minimum Gasteiger partial charge on any atom is -0.472 e. The lowest BCUT2D eigenvalue weighted by molar-refractivity contribution is -0.178. The van der Waals surface area contributed by atoms with Crippen LogP contribution < -0.4 is 0 Å². The fourth-order valence-corrected chi connectivity index (χ4v) is 8.06. The summed E-state index contributed by atoms with van der Waals surface area (Å²) in [5.41, 5.74) is -2.74. The van der Waals surface area contributed by atoms with E-state index in [0.717, 1.165) is 12.0 Å². The number of rotatable bonds is 1. The molecule has 4 aliphatic rings. The first-order valence-corrected chi connectivity index (χ1v) is 11.3. The number of hydrogen-bond acceptors (Lipinski definition) is 5. The summed E-state index contributed by atoms with van der Waals surface area (Å²) >= 11 is 0. The monoisotopic (exact) mass is 424 g/mol. The van der Waals surface area contributed by atoms with E-state index in [1.807, 2.05) is 20.8 Å². The van der Waals surface area contributed by atoms with Gasteiger partial charge in [-0.3, -0.25) is 9.59 Å². The normalized spacial score (nSPS) is 48.1. The van der Waals surface area contributed by atoms with E-state index in [1.165, 1.54) is 12.5 Å². The second-order valence-corrected chi connectivity index (χ2v) is 11.4. The van der Waals surface area contributed by atoms with Crippen LogP contribution in [0.4, 0.5) is 0 Å². The van der Waals surface area contributed by atoms with Crippen molar-refractivity contribution in [1.29, 1.82) is 0 Å². The molecule has 4 aliphatic carbocycles. The highest BCUT2D eigenvalue weighted by Gasteiger charge is 2.71. The van der Waals surface area contributed by atoms with Crippen LogP contribution in [-0.4, -0.2) is 27.9 Å². The van der Waals surface area contributed by atoms with Crippen LogP contribution in [0.5, 0.6) is 0 Å². The van der Waals surface area contributed by atoms with Crippen molar-refractivity contribution in [3.8, 4) is 0 Å². The Hall–Kier alpha value is -1.98. The lowest BCUT2D eigenvalue weighted by Crippen LogP contribution is -2.64. The molecule has 0 radical (unpaired) electrons. The number of fused-ring (bicyclic) bond motifs is 5. The van der Waals surface area contributed by atoms with Crippen LogP contribution in [0.2, 0.25) is 0 Å². The van der Waals surface area contributed by atoms with Gasteiger partial charge in [-0.25, -0.2) is 0 Å². The fourth-order valence-electron chi connectivity index (χ4n) is 8.06. The molecule has 5 heteroatoms. The first-order valence-electron chi connectivity index (χ1n) is 11.3. The Bertz CT molecular complexity index is 1030. The molecule has 5 nitrogen and oxygen atoms in total. The molecule has 0 spiro atoms. The van der Waals surface area contributed by atoms with Gasteiger partial charge in [-0.1, -0.05) is 40.7 Å². The summed E-state index contributed by atoms with van der Waals surface area (Å²) in [5.74, 6) is -0.171. The topological polar surface area (TPSA) is 87.7 Å². The highest BCUT2D eigenvalue weighted by molar-refractivity contribution is 6.03. The molecule has 1 aromatic heterocycles. The van der Waals surface area contributed by atoms with Gasteiger partial charge in [0, 0.05) is 21.8 Å². The predicted molar refractivity (Wildman–Crippen MR) is 115 cm³/mol. The molecule has 2 N–H and O–H groups in total. The zero-order chi connectivity index (χ0) is 22.6. The van der Waals surface area contributed by atoms with Crippen molar-refractivity contribution < 1.29 is 24.2 Å². The largest absolute Gasteiger partial charge is 0.472 e. The SMILES string of the molecule is CC1(C)C(=O)C=C[C@]2(C)[C@H]3CC[C@]4(C)C(=CC(=O)[C@@]4(O)c4ccoc4)[C@]3(C)[C@H](O)C[C@@H]12. The van der Waals surface area contributed by atoms with Crippen LogP contribution in [0.25, 0.3) is 0 Å². The van der Waals surface area contributed by atoms with E-state index in [1.54, 1.807) is 18.2 Å². The molecule has 0 bridgehead atoms. The van der Waals surface area contributed by atoms with Gasteiger partial charge in [0.25, 0.3) is 0 Å². The summed E-state index contributed by atoms with van der Waals surface area (Å²) in [7, 11) is 0. The van der Waals surface area contributed by atoms with Gasteiger partial charge in [0.2, 0.25) is 0 Å². The Morgan fingerprint density at radius 1 is 1.06 bits per heavy atom. The first kappa shape index (κ1) is 20.9. The molecule has 1 aromatic rings. The van der Waals surface area contributed by atoms with E-state index < -0.39 is 27.9 Å². The predicted octanol–water partition coefficient (Wildman–Crippen LogP) is 3.95. The van der Waals surface area contributed by atoms with E-state index in [2.05, 4.69) is 19.9 Å². The zero-order valence-corrected chi connectivity index (χ0v) is 18.9. The molecule has 0 aliphatic heterocycles. The molecule has 166 valence electrons. The van der Waals surface area contributed by atoms with Crippen LogP contribution >= 0.6 is 0 Å². The van der Waals surface area contributed by atoms with Crippen molar-refractivity contribution in [2.75, 3.05) is 0 Å². The first-order chi connectivity index (χ1) is 14.3. The summed E-state index contributed by atoms with van der Waals surface area (Å²) in [6.45, 7) is 10.2. The van der Waals surface area contributed by atoms with Gasteiger partial charge in [0.05, 0.1) is 18.6 Å².